The third-order valence-electron chi connectivity index (χ3n) is 6.97. The fourth-order valence-corrected chi connectivity index (χ4v) is 5.50. The van der Waals surface area contributed by atoms with E-state index in [1.165, 1.54) is 56.8 Å². The van der Waals surface area contributed by atoms with Gasteiger partial charge in [-0.15, -0.1) is 0 Å². The molecule has 1 fully saturated rings. The molecule has 28 heavy (non-hydrogen) atoms. The quantitative estimate of drug-likeness (QED) is 0.348. The van der Waals surface area contributed by atoms with E-state index in [0.29, 0.717) is 12.3 Å². The zero-order valence-corrected chi connectivity index (χ0v) is 18.4. The fourth-order valence-electron chi connectivity index (χ4n) is 5.22. The maximum atomic E-state index is 10.7. The van der Waals surface area contributed by atoms with E-state index in [1.54, 1.807) is 11.1 Å². The van der Waals surface area contributed by atoms with Crippen molar-refractivity contribution in [2.45, 2.75) is 88.4 Å². The van der Waals surface area contributed by atoms with Crippen molar-refractivity contribution < 1.29 is 14.0 Å². The smallest absolute Gasteiger partial charge is 0.316 e. The van der Waals surface area contributed by atoms with E-state index in [1.807, 2.05) is 0 Å². The first-order valence-corrected chi connectivity index (χ1v) is 12.5. The molecule has 156 valence electrons. The molecular weight excluding hydrogens is 368 g/mol. The van der Waals surface area contributed by atoms with Gasteiger partial charge in [-0.1, -0.05) is 50.2 Å². The summed E-state index contributed by atoms with van der Waals surface area (Å²) in [7, 11) is -0.569. The van der Waals surface area contributed by atoms with E-state index < -0.39 is 8.25 Å². The number of nitrogens with two attached hydrogens (primary N) is 1. The molecular formula is C22H37BNO3P. The average Bonchev–Trinajstić information content (AvgIpc) is 3.06. The Morgan fingerprint density at radius 2 is 2.11 bits per heavy atom. The second kappa shape index (κ2) is 10.4. The topological polar surface area (TPSA) is 72.5 Å². The molecule has 0 aliphatic heterocycles. The summed E-state index contributed by atoms with van der Waals surface area (Å²) in [5.74, 6) is 1.38. The summed E-state index contributed by atoms with van der Waals surface area (Å²) in [5, 5.41) is 0. The van der Waals surface area contributed by atoms with Gasteiger partial charge in [0.25, 0.3) is 0 Å². The third-order valence-corrected chi connectivity index (χ3v) is 7.42. The molecule has 1 aromatic rings. The Kier molecular flexibility index (Phi) is 8.23. The Morgan fingerprint density at radius 3 is 2.89 bits per heavy atom. The molecule has 3 rings (SSSR count). The summed E-state index contributed by atoms with van der Waals surface area (Å²) in [6.45, 7) is 0.279. The zero-order valence-electron chi connectivity index (χ0n) is 17.4. The molecule has 6 heteroatoms. The van der Waals surface area contributed by atoms with Crippen LogP contribution in [-0.2, 0) is 21.9 Å². The minimum Gasteiger partial charge on any atom is -0.326 e. The van der Waals surface area contributed by atoms with Gasteiger partial charge in [-0.3, -0.25) is 4.57 Å². The summed E-state index contributed by atoms with van der Waals surface area (Å²) < 4.78 is 15.6. The summed E-state index contributed by atoms with van der Waals surface area (Å²) in [5.41, 5.74) is 10.8. The van der Waals surface area contributed by atoms with Crippen LogP contribution in [0.25, 0.3) is 0 Å². The molecule has 1 saturated carbocycles. The lowest BCUT2D eigenvalue weighted by Crippen LogP contribution is -2.37. The Labute approximate surface area is 172 Å². The first-order valence-electron chi connectivity index (χ1n) is 11.3. The van der Waals surface area contributed by atoms with Crippen LogP contribution in [0, 0.1) is 5.92 Å². The van der Waals surface area contributed by atoms with Gasteiger partial charge in [-0.25, -0.2) is 0 Å². The van der Waals surface area contributed by atoms with Crippen LogP contribution in [-0.4, -0.2) is 24.9 Å². The van der Waals surface area contributed by atoms with Gasteiger partial charge in [0.15, 0.2) is 0 Å². The van der Waals surface area contributed by atoms with Crippen molar-refractivity contribution in [1.29, 1.82) is 0 Å². The van der Waals surface area contributed by atoms with Crippen molar-refractivity contribution in [1.82, 2.24) is 0 Å². The van der Waals surface area contributed by atoms with E-state index in [9.17, 15) is 4.57 Å². The van der Waals surface area contributed by atoms with Gasteiger partial charge in [0, 0.05) is 5.54 Å². The molecule has 1 aromatic carbocycles. The highest BCUT2D eigenvalue weighted by atomic mass is 31.1. The predicted molar refractivity (Wildman–Crippen MR) is 119 cm³/mol. The molecule has 2 aliphatic rings. The lowest BCUT2D eigenvalue weighted by molar-refractivity contribution is 0.240. The van der Waals surface area contributed by atoms with E-state index in [-0.39, 0.29) is 12.1 Å². The highest BCUT2D eigenvalue weighted by Crippen LogP contribution is 2.42. The van der Waals surface area contributed by atoms with Crippen LogP contribution in [0.2, 0.25) is 6.32 Å². The molecule has 2 unspecified atom stereocenters. The average molecular weight is 405 g/mol. The molecule has 0 heterocycles. The predicted octanol–water partition coefficient (Wildman–Crippen LogP) is 4.16. The lowest BCUT2D eigenvalue weighted by Gasteiger charge is -2.27. The van der Waals surface area contributed by atoms with E-state index in [2.05, 4.69) is 26.0 Å². The highest BCUT2D eigenvalue weighted by molar-refractivity contribution is 7.32. The minimum atomic E-state index is -2.85. The molecule has 0 saturated heterocycles. The van der Waals surface area contributed by atoms with Gasteiger partial charge in [0.2, 0.25) is 0 Å². The van der Waals surface area contributed by atoms with Crippen LogP contribution in [0.4, 0.5) is 0 Å². The van der Waals surface area contributed by atoms with Crippen LogP contribution in [0.1, 0.15) is 80.4 Å². The maximum absolute atomic E-state index is 10.7. The summed E-state index contributed by atoms with van der Waals surface area (Å²) >= 11 is 0. The van der Waals surface area contributed by atoms with Gasteiger partial charge < -0.3 is 15.2 Å². The van der Waals surface area contributed by atoms with Crippen LogP contribution in [0.3, 0.4) is 0 Å². The highest BCUT2D eigenvalue weighted by Gasteiger charge is 2.36. The van der Waals surface area contributed by atoms with Gasteiger partial charge in [0.1, 0.15) is 7.85 Å². The fraction of sp³-hybridized carbons (Fsp3) is 0.727. The number of aryl methyl sites for hydroxylation is 1. The number of fused-ring (bicyclic) bond motifs is 1. The summed E-state index contributed by atoms with van der Waals surface area (Å²) in [6.07, 6.45) is 14.3. The van der Waals surface area contributed by atoms with Crippen LogP contribution in [0.5, 0.6) is 0 Å². The maximum Gasteiger partial charge on any atom is 0.316 e. The van der Waals surface area contributed by atoms with Gasteiger partial charge in [-0.05, 0) is 73.5 Å². The first-order chi connectivity index (χ1) is 13.5. The normalized spacial score (nSPS) is 28.2. The van der Waals surface area contributed by atoms with Crippen LogP contribution < -0.4 is 5.73 Å². The SMILES string of the molecule is BCCCCCC1CCc2cc([C@H]3CC[C@](N)(CCO[PH](=O)O)C3)ccc2C1. The minimum absolute atomic E-state index is 0.262. The van der Waals surface area contributed by atoms with Gasteiger partial charge >= 0.3 is 8.25 Å². The molecule has 0 amide bonds. The monoisotopic (exact) mass is 405 g/mol. The Morgan fingerprint density at radius 1 is 1.25 bits per heavy atom. The van der Waals surface area contributed by atoms with Crippen LogP contribution >= 0.6 is 8.25 Å². The van der Waals surface area contributed by atoms with E-state index in [0.717, 1.165) is 25.2 Å². The van der Waals surface area contributed by atoms with Crippen molar-refractivity contribution in [2.24, 2.45) is 11.7 Å². The molecule has 0 radical (unpaired) electrons. The molecule has 2 aliphatic carbocycles. The van der Waals surface area contributed by atoms with Crippen molar-refractivity contribution in [3.8, 4) is 0 Å². The number of benzene rings is 1. The van der Waals surface area contributed by atoms with Crippen LogP contribution in [0.15, 0.2) is 18.2 Å². The second-order valence-electron chi connectivity index (χ2n) is 9.15. The molecule has 0 spiro atoms. The molecule has 4 nitrogen and oxygen atoms in total. The molecule has 4 atom stereocenters. The molecule has 0 aromatic heterocycles. The Hall–Kier alpha value is -0.605. The van der Waals surface area contributed by atoms with Gasteiger partial charge in [-0.2, -0.15) is 0 Å². The van der Waals surface area contributed by atoms with Crippen molar-refractivity contribution in [3.05, 3.63) is 34.9 Å². The number of hydrogen-bond acceptors (Lipinski definition) is 3. The van der Waals surface area contributed by atoms with Crippen molar-refractivity contribution >= 4 is 16.1 Å². The first kappa shape index (κ1) is 22.1. The zero-order chi connectivity index (χ0) is 20.0. The lowest BCUT2D eigenvalue weighted by atomic mass is 9.79. The molecule has 3 N–H and O–H groups in total. The van der Waals surface area contributed by atoms with E-state index >= 15 is 0 Å². The standard InChI is InChI=1S/C22H37BNO3P/c23-12-3-1-2-4-17-5-6-19-15-20(8-7-18(19)14-17)21-9-10-22(24,16-21)11-13-27-28(25)26/h7-8,15,17,21,28H,1-6,9-14,16,23-24H2,(H,25,26)/t17?,21-,22-/m0/s1. The second-order valence-corrected chi connectivity index (χ2v) is 9.97. The van der Waals surface area contributed by atoms with E-state index in [4.69, 9.17) is 15.2 Å². The third kappa shape index (κ3) is 6.19. The summed E-state index contributed by atoms with van der Waals surface area (Å²) in [6, 6.07) is 7.15. The van der Waals surface area contributed by atoms with Crippen molar-refractivity contribution in [2.75, 3.05) is 6.61 Å². The molecule has 0 bridgehead atoms. The Balaban J connectivity index is 1.53. The number of rotatable bonds is 10. The van der Waals surface area contributed by atoms with Gasteiger partial charge in [0.05, 0.1) is 6.61 Å². The van der Waals surface area contributed by atoms with Crippen molar-refractivity contribution in [3.63, 3.8) is 0 Å². The summed E-state index contributed by atoms with van der Waals surface area (Å²) in [4.78, 5) is 8.83. The largest absolute Gasteiger partial charge is 0.326 e. The number of hydrogen-bond donors (Lipinski definition) is 2. The Bertz CT molecular complexity index is 671. The number of unbranched alkanes of at least 4 members (excludes halogenated alkanes) is 2.